The molecule has 9 heteroatoms. The quantitative estimate of drug-likeness (QED) is 0.547. The van der Waals surface area contributed by atoms with E-state index in [1.807, 2.05) is 0 Å². The number of anilines is 2. The van der Waals surface area contributed by atoms with E-state index in [-0.39, 0.29) is 30.6 Å². The molecular formula is C19H20F2N4O3. The Morgan fingerprint density at radius 1 is 0.893 bits per heavy atom. The Labute approximate surface area is 160 Å². The van der Waals surface area contributed by atoms with E-state index in [1.54, 1.807) is 31.2 Å². The normalized spacial score (nSPS) is 10.1. The Morgan fingerprint density at radius 2 is 1.57 bits per heavy atom. The third kappa shape index (κ3) is 6.35. The summed E-state index contributed by atoms with van der Waals surface area (Å²) in [6.45, 7) is 1.95. The van der Waals surface area contributed by atoms with Crippen LogP contribution >= 0.6 is 0 Å². The molecule has 0 aliphatic carbocycles. The molecule has 28 heavy (non-hydrogen) atoms. The van der Waals surface area contributed by atoms with Gasteiger partial charge < -0.3 is 21.3 Å². The van der Waals surface area contributed by atoms with Crippen LogP contribution in [0.15, 0.2) is 42.5 Å². The minimum Gasteiger partial charge on any atom is -0.350 e. The van der Waals surface area contributed by atoms with Crippen LogP contribution in [0.1, 0.15) is 23.7 Å². The fourth-order valence-corrected chi connectivity index (χ4v) is 2.17. The molecule has 0 heterocycles. The van der Waals surface area contributed by atoms with Crippen LogP contribution in [-0.4, -0.2) is 30.9 Å². The molecule has 0 radical (unpaired) electrons. The van der Waals surface area contributed by atoms with Gasteiger partial charge in [-0.25, -0.2) is 13.6 Å². The second-order valence-electron chi connectivity index (χ2n) is 5.74. The molecule has 0 aliphatic rings. The van der Waals surface area contributed by atoms with Crippen LogP contribution in [0.5, 0.6) is 0 Å². The summed E-state index contributed by atoms with van der Waals surface area (Å²) in [6.07, 6.45) is 0.356. The molecule has 4 N–H and O–H groups in total. The Kier molecular flexibility index (Phi) is 7.44. The lowest BCUT2D eigenvalue weighted by Gasteiger charge is -2.10. The van der Waals surface area contributed by atoms with Gasteiger partial charge in [0.2, 0.25) is 5.91 Å². The summed E-state index contributed by atoms with van der Waals surface area (Å²) in [5.74, 6) is -1.92. The average Bonchev–Trinajstić information content (AvgIpc) is 2.68. The summed E-state index contributed by atoms with van der Waals surface area (Å²) in [7, 11) is 0. The number of nitrogens with one attached hydrogen (secondary N) is 4. The molecule has 7 nitrogen and oxygen atoms in total. The van der Waals surface area contributed by atoms with E-state index in [0.29, 0.717) is 17.7 Å². The van der Waals surface area contributed by atoms with Crippen molar-refractivity contribution in [3.63, 3.8) is 0 Å². The molecule has 2 aromatic carbocycles. The lowest BCUT2D eigenvalue weighted by molar-refractivity contribution is -0.115. The molecule has 0 fully saturated rings. The summed E-state index contributed by atoms with van der Waals surface area (Å²) < 4.78 is 26.5. The zero-order valence-corrected chi connectivity index (χ0v) is 15.1. The number of hydrogen-bond acceptors (Lipinski definition) is 3. The fourth-order valence-electron chi connectivity index (χ4n) is 2.17. The summed E-state index contributed by atoms with van der Waals surface area (Å²) in [4.78, 5) is 35.0. The lowest BCUT2D eigenvalue weighted by atomic mass is 10.2. The van der Waals surface area contributed by atoms with Crippen molar-refractivity contribution in [2.24, 2.45) is 0 Å². The van der Waals surface area contributed by atoms with Gasteiger partial charge in [-0.1, -0.05) is 6.92 Å². The maximum atomic E-state index is 13.4. The molecule has 0 unspecified atom stereocenters. The van der Waals surface area contributed by atoms with Crippen molar-refractivity contribution >= 4 is 29.2 Å². The van der Waals surface area contributed by atoms with Crippen LogP contribution in [0, 0.1) is 11.6 Å². The molecule has 2 rings (SSSR count). The van der Waals surface area contributed by atoms with Crippen molar-refractivity contribution in [3.8, 4) is 0 Å². The molecular weight excluding hydrogens is 370 g/mol. The number of rotatable bonds is 7. The van der Waals surface area contributed by atoms with Gasteiger partial charge >= 0.3 is 6.03 Å². The first-order valence-corrected chi connectivity index (χ1v) is 8.57. The van der Waals surface area contributed by atoms with E-state index < -0.39 is 17.7 Å². The zero-order valence-electron chi connectivity index (χ0n) is 15.1. The number of halogens is 2. The van der Waals surface area contributed by atoms with Gasteiger partial charge in [-0.05, 0) is 36.4 Å². The van der Waals surface area contributed by atoms with Gasteiger partial charge in [0.1, 0.15) is 11.6 Å². The Balaban J connectivity index is 1.74. The highest BCUT2D eigenvalue weighted by molar-refractivity contribution is 5.95. The first-order valence-electron chi connectivity index (χ1n) is 8.57. The molecule has 0 aliphatic heterocycles. The number of amides is 4. The standard InChI is InChI=1S/C19H20F2N4O3/c1-2-17(26)24-14-6-3-12(4-7-14)18(27)22-9-10-23-19(28)25-16-11-13(20)5-8-15(16)21/h3-8,11H,2,9-10H2,1H3,(H,22,27)(H,24,26)(H2,23,25,28). The largest absolute Gasteiger partial charge is 0.350 e. The third-order valence-electron chi connectivity index (χ3n) is 3.62. The molecule has 0 saturated carbocycles. The van der Waals surface area contributed by atoms with Crippen LogP contribution in [0.25, 0.3) is 0 Å². The van der Waals surface area contributed by atoms with E-state index in [2.05, 4.69) is 21.3 Å². The van der Waals surface area contributed by atoms with Gasteiger partial charge in [0.15, 0.2) is 0 Å². The monoisotopic (exact) mass is 390 g/mol. The number of carbonyl (C=O) groups excluding carboxylic acids is 3. The van der Waals surface area contributed by atoms with Gasteiger partial charge in [-0.3, -0.25) is 9.59 Å². The highest BCUT2D eigenvalue weighted by Crippen LogP contribution is 2.14. The van der Waals surface area contributed by atoms with Crippen molar-refractivity contribution in [3.05, 3.63) is 59.7 Å². The van der Waals surface area contributed by atoms with Gasteiger partial charge in [0.25, 0.3) is 5.91 Å². The summed E-state index contributed by atoms with van der Waals surface area (Å²) in [5.41, 5.74) is 0.698. The molecule has 0 atom stereocenters. The molecule has 0 aromatic heterocycles. The smallest absolute Gasteiger partial charge is 0.319 e. The molecule has 0 bridgehead atoms. The van der Waals surface area contributed by atoms with E-state index >= 15 is 0 Å². The highest BCUT2D eigenvalue weighted by atomic mass is 19.1. The van der Waals surface area contributed by atoms with Gasteiger partial charge in [-0.2, -0.15) is 0 Å². The van der Waals surface area contributed by atoms with Crippen molar-refractivity contribution in [2.45, 2.75) is 13.3 Å². The number of urea groups is 1. The van der Waals surface area contributed by atoms with Crippen molar-refractivity contribution in [1.29, 1.82) is 0 Å². The van der Waals surface area contributed by atoms with E-state index in [0.717, 1.165) is 18.2 Å². The van der Waals surface area contributed by atoms with Gasteiger partial charge in [0.05, 0.1) is 5.69 Å². The second kappa shape index (κ2) is 10.0. The summed E-state index contributed by atoms with van der Waals surface area (Å²) >= 11 is 0. The molecule has 148 valence electrons. The summed E-state index contributed by atoms with van der Waals surface area (Å²) in [5, 5.41) is 9.89. The van der Waals surface area contributed by atoms with Crippen LogP contribution in [0.4, 0.5) is 25.0 Å². The molecule has 0 saturated heterocycles. The first kappa shape index (κ1) is 20.8. The minimum atomic E-state index is -0.761. The zero-order chi connectivity index (χ0) is 20.5. The fraction of sp³-hybridized carbons (Fsp3) is 0.211. The lowest BCUT2D eigenvalue weighted by Crippen LogP contribution is -2.37. The SMILES string of the molecule is CCC(=O)Nc1ccc(C(=O)NCCNC(=O)Nc2cc(F)ccc2F)cc1. The molecule has 2 aromatic rings. The van der Waals surface area contributed by atoms with E-state index in [4.69, 9.17) is 0 Å². The maximum Gasteiger partial charge on any atom is 0.319 e. The van der Waals surface area contributed by atoms with Crippen molar-refractivity contribution in [2.75, 3.05) is 23.7 Å². The Morgan fingerprint density at radius 3 is 2.25 bits per heavy atom. The van der Waals surface area contributed by atoms with Crippen LogP contribution in [0.2, 0.25) is 0 Å². The predicted octanol–water partition coefficient (Wildman–Crippen LogP) is 2.86. The van der Waals surface area contributed by atoms with Crippen LogP contribution < -0.4 is 21.3 Å². The van der Waals surface area contributed by atoms with E-state index in [1.165, 1.54) is 0 Å². The van der Waals surface area contributed by atoms with Crippen LogP contribution in [0.3, 0.4) is 0 Å². The van der Waals surface area contributed by atoms with Crippen molar-refractivity contribution < 1.29 is 23.2 Å². The van der Waals surface area contributed by atoms with Gasteiger partial charge in [-0.15, -0.1) is 0 Å². The second-order valence-corrected chi connectivity index (χ2v) is 5.74. The summed E-state index contributed by atoms with van der Waals surface area (Å²) in [6, 6.07) is 8.34. The third-order valence-corrected chi connectivity index (χ3v) is 3.62. The topological polar surface area (TPSA) is 99.3 Å². The predicted molar refractivity (Wildman–Crippen MR) is 101 cm³/mol. The Hall–Kier alpha value is -3.49. The van der Waals surface area contributed by atoms with Crippen molar-refractivity contribution in [1.82, 2.24) is 10.6 Å². The minimum absolute atomic E-state index is 0.0825. The average molecular weight is 390 g/mol. The van der Waals surface area contributed by atoms with Crippen LogP contribution in [-0.2, 0) is 4.79 Å². The number of benzene rings is 2. The number of hydrogen-bond donors (Lipinski definition) is 4. The Bertz CT molecular complexity index is 857. The first-order chi connectivity index (χ1) is 13.4. The number of carbonyl (C=O) groups is 3. The molecule has 0 spiro atoms. The molecule has 4 amide bonds. The maximum absolute atomic E-state index is 13.4. The van der Waals surface area contributed by atoms with E-state index in [9.17, 15) is 23.2 Å². The van der Waals surface area contributed by atoms with Gasteiger partial charge in [0, 0.05) is 36.8 Å². The highest BCUT2D eigenvalue weighted by Gasteiger charge is 2.09.